The lowest BCUT2D eigenvalue weighted by Crippen LogP contribution is -2.38. The summed E-state index contributed by atoms with van der Waals surface area (Å²) in [4.78, 5) is 32.7. The van der Waals surface area contributed by atoms with Gasteiger partial charge in [0.2, 0.25) is 0 Å². The molecule has 0 aliphatic heterocycles. The highest BCUT2D eigenvalue weighted by atomic mass is 35.5. The minimum atomic E-state index is -0.491. The van der Waals surface area contributed by atoms with Crippen LogP contribution in [-0.4, -0.2) is 61.1 Å². The molecule has 0 aliphatic carbocycles. The first-order valence-electron chi connectivity index (χ1n) is 9.73. The lowest BCUT2D eigenvalue weighted by molar-refractivity contribution is -0.380. The van der Waals surface area contributed by atoms with Crippen molar-refractivity contribution in [2.75, 3.05) is 45.3 Å². The third-order valence-electron chi connectivity index (χ3n) is 4.89. The number of amides is 1. The standard InChI is InChI=1S/C20H24N4O5S2.ClH/c1-5-22(6-2)11-12-23(19(25)15-9-10-16(30-15)24(26)27)20-21-17-13(28-3)7-8-14(29-4)18(17)31-20;/h7-10H,5-6,11-12H2,1-4H3;1H. The van der Waals surface area contributed by atoms with Gasteiger partial charge in [0.25, 0.3) is 5.91 Å². The molecule has 0 bridgehead atoms. The molecule has 3 aromatic rings. The van der Waals surface area contributed by atoms with Gasteiger partial charge in [0.05, 0.1) is 24.0 Å². The second-order valence-electron chi connectivity index (χ2n) is 6.52. The molecule has 0 radical (unpaired) electrons. The number of nitro groups is 1. The van der Waals surface area contributed by atoms with Crippen LogP contribution in [0.25, 0.3) is 10.2 Å². The minimum Gasteiger partial charge on any atom is -0.495 e. The minimum absolute atomic E-state index is 0. The van der Waals surface area contributed by atoms with Crippen LogP contribution in [0.3, 0.4) is 0 Å². The molecule has 32 heavy (non-hydrogen) atoms. The third kappa shape index (κ3) is 5.29. The summed E-state index contributed by atoms with van der Waals surface area (Å²) in [6.07, 6.45) is 0. The Bertz CT molecular complexity index is 1040. The van der Waals surface area contributed by atoms with Crippen molar-refractivity contribution in [2.24, 2.45) is 0 Å². The van der Waals surface area contributed by atoms with Crippen molar-refractivity contribution in [1.82, 2.24) is 9.88 Å². The van der Waals surface area contributed by atoms with Crippen LogP contribution in [0.1, 0.15) is 23.5 Å². The molecule has 9 nitrogen and oxygen atoms in total. The van der Waals surface area contributed by atoms with Crippen LogP contribution in [0.5, 0.6) is 11.5 Å². The summed E-state index contributed by atoms with van der Waals surface area (Å²) in [6.45, 7) is 6.87. The number of methoxy groups -OCH3 is 2. The van der Waals surface area contributed by atoms with Gasteiger partial charge >= 0.3 is 5.00 Å². The number of rotatable bonds is 10. The van der Waals surface area contributed by atoms with Gasteiger partial charge in [0.15, 0.2) is 5.13 Å². The lowest BCUT2D eigenvalue weighted by atomic mass is 10.3. The quantitative estimate of drug-likeness (QED) is 0.294. The van der Waals surface area contributed by atoms with E-state index in [4.69, 9.17) is 9.47 Å². The van der Waals surface area contributed by atoms with E-state index < -0.39 is 4.92 Å². The number of fused-ring (bicyclic) bond motifs is 1. The van der Waals surface area contributed by atoms with E-state index in [1.165, 1.54) is 23.5 Å². The Balaban J connectivity index is 0.00000363. The van der Waals surface area contributed by atoms with Gasteiger partial charge in [-0.2, -0.15) is 0 Å². The highest BCUT2D eigenvalue weighted by Gasteiger charge is 2.26. The first-order valence-corrected chi connectivity index (χ1v) is 11.4. The average molecular weight is 501 g/mol. The molecular weight excluding hydrogens is 476 g/mol. The summed E-state index contributed by atoms with van der Waals surface area (Å²) >= 11 is 2.19. The van der Waals surface area contributed by atoms with E-state index in [1.807, 2.05) is 0 Å². The smallest absolute Gasteiger partial charge is 0.324 e. The van der Waals surface area contributed by atoms with Crippen molar-refractivity contribution in [2.45, 2.75) is 13.8 Å². The van der Waals surface area contributed by atoms with Crippen molar-refractivity contribution in [1.29, 1.82) is 0 Å². The molecule has 0 unspecified atom stereocenters. The number of carbonyl (C=O) groups excluding carboxylic acids is 1. The zero-order valence-electron chi connectivity index (χ0n) is 18.2. The molecule has 0 N–H and O–H groups in total. The fourth-order valence-electron chi connectivity index (χ4n) is 3.13. The molecular formula is C20H25ClN4O5S2. The second kappa shape index (κ2) is 11.4. The summed E-state index contributed by atoms with van der Waals surface area (Å²) in [6, 6.07) is 6.41. The third-order valence-corrected chi connectivity index (χ3v) is 7.01. The van der Waals surface area contributed by atoms with Gasteiger partial charge in [0.1, 0.15) is 21.7 Å². The SMILES string of the molecule is CCN(CC)CCN(C(=O)c1ccc([N+](=O)[O-])s1)c1nc2c(OC)ccc(OC)c2s1.Cl. The second-order valence-corrected chi connectivity index (χ2v) is 8.56. The maximum absolute atomic E-state index is 13.4. The number of nitrogens with zero attached hydrogens (tertiary/aromatic N) is 4. The van der Waals surface area contributed by atoms with Gasteiger partial charge in [-0.05, 0) is 31.3 Å². The summed E-state index contributed by atoms with van der Waals surface area (Å²) in [5.41, 5.74) is 0.611. The van der Waals surface area contributed by atoms with E-state index in [0.29, 0.717) is 40.1 Å². The van der Waals surface area contributed by atoms with Crippen LogP contribution in [-0.2, 0) is 0 Å². The normalized spacial score (nSPS) is 10.8. The molecule has 2 aromatic heterocycles. The topological polar surface area (TPSA) is 98.0 Å². The summed E-state index contributed by atoms with van der Waals surface area (Å²) in [7, 11) is 3.14. The summed E-state index contributed by atoms with van der Waals surface area (Å²) < 4.78 is 11.7. The fourth-order valence-corrected chi connectivity index (χ4v) is 5.00. The summed E-state index contributed by atoms with van der Waals surface area (Å²) in [5, 5.41) is 11.5. The molecule has 12 heteroatoms. The number of benzene rings is 1. The Morgan fingerprint density at radius 1 is 1.06 bits per heavy atom. The predicted octanol–water partition coefficient (Wildman–Crippen LogP) is 4.69. The molecule has 0 atom stereocenters. The molecule has 0 saturated carbocycles. The van der Waals surface area contributed by atoms with Gasteiger partial charge in [-0.3, -0.25) is 19.8 Å². The van der Waals surface area contributed by atoms with E-state index >= 15 is 0 Å². The molecule has 0 saturated heterocycles. The maximum atomic E-state index is 13.4. The summed E-state index contributed by atoms with van der Waals surface area (Å²) in [5.74, 6) is 0.908. The van der Waals surface area contributed by atoms with E-state index in [0.717, 1.165) is 29.1 Å². The van der Waals surface area contributed by atoms with E-state index in [2.05, 4.69) is 23.7 Å². The number of likely N-dealkylation sites (N-methyl/N-ethyl adjacent to an activating group) is 1. The van der Waals surface area contributed by atoms with Gasteiger partial charge in [-0.25, -0.2) is 4.98 Å². The average Bonchev–Trinajstić information content (AvgIpc) is 3.43. The maximum Gasteiger partial charge on any atom is 0.324 e. The Kier molecular flexibility index (Phi) is 9.20. The van der Waals surface area contributed by atoms with Crippen LogP contribution >= 0.6 is 35.1 Å². The zero-order valence-corrected chi connectivity index (χ0v) is 20.6. The Morgan fingerprint density at radius 2 is 1.72 bits per heavy atom. The fraction of sp³-hybridized carbons (Fsp3) is 0.400. The van der Waals surface area contributed by atoms with Crippen molar-refractivity contribution in [3.05, 3.63) is 39.3 Å². The first kappa shape index (κ1) is 25.8. The van der Waals surface area contributed by atoms with Gasteiger partial charge < -0.3 is 14.4 Å². The molecule has 3 rings (SSSR count). The largest absolute Gasteiger partial charge is 0.495 e. The number of thiophene rings is 1. The van der Waals surface area contributed by atoms with Crippen LogP contribution in [0.2, 0.25) is 0 Å². The monoisotopic (exact) mass is 500 g/mol. The van der Waals surface area contributed by atoms with Crippen LogP contribution in [0.4, 0.5) is 10.1 Å². The van der Waals surface area contributed by atoms with Crippen LogP contribution in [0, 0.1) is 10.1 Å². The molecule has 2 heterocycles. The highest BCUT2D eigenvalue weighted by molar-refractivity contribution is 7.23. The Labute approximate surface area is 200 Å². The van der Waals surface area contributed by atoms with Crippen molar-refractivity contribution in [3.63, 3.8) is 0 Å². The number of hydrogen-bond acceptors (Lipinski definition) is 9. The number of halogens is 1. The number of ether oxygens (including phenoxy) is 2. The molecule has 1 aromatic carbocycles. The van der Waals surface area contributed by atoms with E-state index in [9.17, 15) is 14.9 Å². The molecule has 0 aliphatic rings. The van der Waals surface area contributed by atoms with E-state index in [1.54, 1.807) is 31.3 Å². The molecule has 1 amide bonds. The van der Waals surface area contributed by atoms with Crippen molar-refractivity contribution in [3.8, 4) is 11.5 Å². The number of thiazole rings is 1. The lowest BCUT2D eigenvalue weighted by Gasteiger charge is -2.24. The molecule has 0 fully saturated rings. The van der Waals surface area contributed by atoms with Gasteiger partial charge in [-0.15, -0.1) is 12.4 Å². The van der Waals surface area contributed by atoms with Crippen LogP contribution < -0.4 is 14.4 Å². The van der Waals surface area contributed by atoms with Gasteiger partial charge in [-0.1, -0.05) is 36.5 Å². The van der Waals surface area contributed by atoms with Crippen molar-refractivity contribution < 1.29 is 19.2 Å². The first-order chi connectivity index (χ1) is 14.9. The van der Waals surface area contributed by atoms with E-state index in [-0.39, 0.29) is 23.3 Å². The highest BCUT2D eigenvalue weighted by Crippen LogP contribution is 2.40. The number of carbonyl (C=O) groups is 1. The van der Waals surface area contributed by atoms with Crippen LogP contribution in [0.15, 0.2) is 24.3 Å². The molecule has 174 valence electrons. The number of hydrogen-bond donors (Lipinski definition) is 0. The zero-order chi connectivity index (χ0) is 22.5. The number of aromatic nitrogens is 1. The van der Waals surface area contributed by atoms with Gasteiger partial charge in [0, 0.05) is 19.2 Å². The molecule has 0 spiro atoms. The Hall–Kier alpha value is -2.47. The number of anilines is 1. The Morgan fingerprint density at radius 3 is 2.28 bits per heavy atom. The predicted molar refractivity (Wildman–Crippen MR) is 130 cm³/mol. The van der Waals surface area contributed by atoms with Crippen molar-refractivity contribution >= 4 is 61.3 Å².